The van der Waals surface area contributed by atoms with Crippen LogP contribution in [0.4, 0.5) is 0 Å². The normalized spacial score (nSPS) is 14.5. The van der Waals surface area contributed by atoms with Crippen LogP contribution in [-0.2, 0) is 55.8 Å². The van der Waals surface area contributed by atoms with E-state index in [-0.39, 0.29) is 19.3 Å². The molecule has 0 fully saturated rings. The number of unbranched alkanes of at least 4 members (excludes halogenated alkanes) is 38. The molecule has 5 atom stereocenters. The molecule has 5 unspecified atom stereocenters. The number of ether oxygens (including phenoxy) is 3. The number of hydrogen-bond acceptors (Lipinski definition) is 14. The van der Waals surface area contributed by atoms with Gasteiger partial charge < -0.3 is 34.2 Å². The SMILES string of the molecule is CC/C=C\C/C=C\C/C=C\C/C=C\C/C=C\CCCCCCCC(=O)OCC(COP(=O)(O)OCC(O)COP(=O)(O)OCC(O)COC(=O)CCCCCCCCCCCCCCCCCCCCC/C=C\C/C=C\C/C=C\C/C=C\CCCCC)OC(=O)CCCCCCC/C=C\CCCCCCCC. The van der Waals surface area contributed by atoms with Crippen LogP contribution in [0.5, 0.6) is 0 Å². The molecule has 0 bridgehead atoms. The number of carbonyl (C=O) groups is 3. The van der Waals surface area contributed by atoms with E-state index in [4.69, 9.17) is 32.3 Å². The maximum absolute atomic E-state index is 13.0. The Morgan fingerprint density at radius 2 is 0.495 bits per heavy atom. The van der Waals surface area contributed by atoms with Gasteiger partial charge in [0.1, 0.15) is 25.4 Å². The van der Waals surface area contributed by atoms with Gasteiger partial charge in [0.2, 0.25) is 0 Å². The molecule has 18 heteroatoms. The third-order valence-corrected chi connectivity index (χ3v) is 20.0. The van der Waals surface area contributed by atoms with Gasteiger partial charge in [0, 0.05) is 19.3 Å². The number of hydrogen-bond donors (Lipinski definition) is 4. The second-order valence-corrected chi connectivity index (χ2v) is 31.5. The molecule has 4 N–H and O–H groups in total. The number of allylic oxidation sites excluding steroid dienone is 20. The lowest BCUT2D eigenvalue weighted by atomic mass is 10.0. The first kappa shape index (κ1) is 103. The number of phosphoric acid groups is 2. The summed E-state index contributed by atoms with van der Waals surface area (Å²) in [7, 11) is -9.80. The van der Waals surface area contributed by atoms with E-state index in [2.05, 4.69) is 142 Å². The van der Waals surface area contributed by atoms with Crippen molar-refractivity contribution in [3.63, 3.8) is 0 Å². The standard InChI is InChI=1S/C89H156O16P2/c1-4-7-10-13-16-19-22-25-28-30-32-34-35-36-37-38-39-40-41-42-43-44-45-46-47-49-51-52-55-57-60-63-66-69-72-75-87(92)99-78-84(90)79-101-106(95,96)102-80-85(91)81-103-107(97,98)104-83-86(105-89(94)77-74-71-68-65-62-59-54-27-24-21-18-15-12-9-6-3)82-100-88(93)76-73-70-67-64-61-58-56-53-50-48-33-31-29-26-23-20-17-14-11-8-5-2/h8,11,16-17,19-20,25-29,32-34,36-37,48,53-54,56,84-86,90-91H,4-7,9-10,12-15,18,21-24,30-31,35,38-47,49-52,55,57-83H2,1-3H3,(H,95,96)(H,97,98)/b11-8-,19-16-,20-17-,28-25-,29-26-,34-32-,37-36-,48-33-,54-27-,56-53-. The predicted octanol–water partition coefficient (Wildman–Crippen LogP) is 25.7. The summed E-state index contributed by atoms with van der Waals surface area (Å²) in [6.07, 6.45) is 98.4. The highest BCUT2D eigenvalue weighted by atomic mass is 31.2. The summed E-state index contributed by atoms with van der Waals surface area (Å²) in [5.41, 5.74) is 0. The van der Waals surface area contributed by atoms with Crippen molar-refractivity contribution in [2.24, 2.45) is 0 Å². The van der Waals surface area contributed by atoms with Gasteiger partial charge in [-0.25, -0.2) is 9.13 Å². The molecule has 0 amide bonds. The molecule has 0 spiro atoms. The highest BCUT2D eigenvalue weighted by Crippen LogP contribution is 2.45. The van der Waals surface area contributed by atoms with Crippen molar-refractivity contribution in [1.29, 1.82) is 0 Å². The number of aliphatic hydroxyl groups is 2. The molecule has 16 nitrogen and oxygen atoms in total. The van der Waals surface area contributed by atoms with E-state index in [1.54, 1.807) is 0 Å². The van der Waals surface area contributed by atoms with Crippen molar-refractivity contribution in [1.82, 2.24) is 0 Å². The molecule has 0 aromatic rings. The van der Waals surface area contributed by atoms with Gasteiger partial charge in [-0.15, -0.1) is 0 Å². The van der Waals surface area contributed by atoms with E-state index in [9.17, 15) is 43.5 Å². The number of aliphatic hydroxyl groups excluding tert-OH is 2. The summed E-state index contributed by atoms with van der Waals surface area (Å²) >= 11 is 0. The number of phosphoric ester groups is 2. The highest BCUT2D eigenvalue weighted by Gasteiger charge is 2.29. The van der Waals surface area contributed by atoms with Crippen LogP contribution >= 0.6 is 15.6 Å². The average Bonchev–Trinajstić information content (AvgIpc) is 1.01. The fourth-order valence-corrected chi connectivity index (χ4v) is 13.2. The molecule has 0 aromatic carbocycles. The number of esters is 3. The van der Waals surface area contributed by atoms with Crippen LogP contribution in [0.25, 0.3) is 0 Å². The Kier molecular flexibility index (Phi) is 78.4. The summed E-state index contributed by atoms with van der Waals surface area (Å²) in [4.78, 5) is 58.7. The monoisotopic (exact) mass is 1540 g/mol. The van der Waals surface area contributed by atoms with Crippen LogP contribution < -0.4 is 0 Å². The third-order valence-electron chi connectivity index (χ3n) is 18.1. The smallest absolute Gasteiger partial charge is 0.463 e. The van der Waals surface area contributed by atoms with Crippen molar-refractivity contribution in [2.45, 2.75) is 386 Å². The van der Waals surface area contributed by atoms with Gasteiger partial charge in [-0.05, 0) is 135 Å². The fourth-order valence-electron chi connectivity index (χ4n) is 11.6. The zero-order valence-corrected chi connectivity index (χ0v) is 69.6. The van der Waals surface area contributed by atoms with E-state index in [0.717, 1.165) is 141 Å². The lowest BCUT2D eigenvalue weighted by Crippen LogP contribution is -2.30. The molecule has 107 heavy (non-hydrogen) atoms. The Bertz CT molecular complexity index is 2430. The van der Waals surface area contributed by atoms with Crippen LogP contribution in [0.2, 0.25) is 0 Å². The van der Waals surface area contributed by atoms with Gasteiger partial charge in [0.25, 0.3) is 0 Å². The first-order valence-electron chi connectivity index (χ1n) is 42.8. The summed E-state index contributed by atoms with van der Waals surface area (Å²) < 4.78 is 61.2. The zero-order valence-electron chi connectivity index (χ0n) is 67.8. The Balaban J connectivity index is 4.42. The minimum Gasteiger partial charge on any atom is -0.463 e. The second kappa shape index (κ2) is 81.4. The van der Waals surface area contributed by atoms with Gasteiger partial charge in [-0.2, -0.15) is 0 Å². The Morgan fingerprint density at radius 3 is 0.813 bits per heavy atom. The largest absolute Gasteiger partial charge is 0.472 e. The molecular weight excluding hydrogens is 1390 g/mol. The fraction of sp³-hybridized carbons (Fsp3) is 0.742. The molecule has 0 aliphatic heterocycles. The maximum atomic E-state index is 13.0. The van der Waals surface area contributed by atoms with Gasteiger partial charge in [-0.3, -0.25) is 32.5 Å². The van der Waals surface area contributed by atoms with E-state index >= 15 is 0 Å². The minimum atomic E-state index is -4.94. The number of carbonyl (C=O) groups excluding carboxylic acids is 3. The summed E-state index contributed by atoms with van der Waals surface area (Å²) in [6, 6.07) is 0. The van der Waals surface area contributed by atoms with E-state index in [1.807, 2.05) is 0 Å². The lowest BCUT2D eigenvalue weighted by Gasteiger charge is -2.21. The van der Waals surface area contributed by atoms with Gasteiger partial charge in [-0.1, -0.05) is 335 Å². The molecule has 0 radical (unpaired) electrons. The Hall–Kier alpha value is -4.05. The van der Waals surface area contributed by atoms with Crippen molar-refractivity contribution in [3.8, 4) is 0 Å². The van der Waals surface area contributed by atoms with Crippen LogP contribution in [-0.4, -0.2) is 95.9 Å². The molecule has 618 valence electrons. The Labute approximate surface area is 653 Å². The van der Waals surface area contributed by atoms with Crippen LogP contribution in [0, 0.1) is 0 Å². The van der Waals surface area contributed by atoms with Crippen LogP contribution in [0.3, 0.4) is 0 Å². The summed E-state index contributed by atoms with van der Waals surface area (Å²) in [6.45, 7) is 2.54. The third kappa shape index (κ3) is 82.7. The van der Waals surface area contributed by atoms with Crippen molar-refractivity contribution in [2.75, 3.05) is 39.6 Å². The molecule has 0 heterocycles. The van der Waals surface area contributed by atoms with E-state index < -0.39 is 91.5 Å². The predicted molar refractivity (Wildman–Crippen MR) is 445 cm³/mol. The van der Waals surface area contributed by atoms with Crippen LogP contribution in [0.1, 0.15) is 367 Å². The molecule has 0 saturated heterocycles. The molecule has 0 aromatic heterocycles. The molecule has 0 rings (SSSR count). The maximum Gasteiger partial charge on any atom is 0.472 e. The van der Waals surface area contributed by atoms with Crippen LogP contribution in [0.15, 0.2) is 122 Å². The first-order valence-corrected chi connectivity index (χ1v) is 45.8. The van der Waals surface area contributed by atoms with Crippen molar-refractivity contribution >= 4 is 33.6 Å². The lowest BCUT2D eigenvalue weighted by molar-refractivity contribution is -0.161. The topological polar surface area (TPSA) is 231 Å². The second-order valence-electron chi connectivity index (χ2n) is 28.6. The first-order chi connectivity index (χ1) is 52.2. The molecule has 0 saturated carbocycles. The average molecular weight is 1540 g/mol. The number of rotatable bonds is 81. The molecular formula is C89H156O16P2. The summed E-state index contributed by atoms with van der Waals surface area (Å²) in [5, 5.41) is 20.7. The van der Waals surface area contributed by atoms with Gasteiger partial charge >= 0.3 is 33.6 Å². The van der Waals surface area contributed by atoms with E-state index in [0.29, 0.717) is 19.3 Å². The molecule has 0 aliphatic carbocycles. The molecule has 0 aliphatic rings. The summed E-state index contributed by atoms with van der Waals surface area (Å²) in [5.74, 6) is -1.60. The quantitative estimate of drug-likeness (QED) is 0.0146. The van der Waals surface area contributed by atoms with Gasteiger partial charge in [0.15, 0.2) is 6.10 Å². The zero-order chi connectivity index (χ0) is 78.0. The van der Waals surface area contributed by atoms with Gasteiger partial charge in [0.05, 0.1) is 26.4 Å². The Morgan fingerprint density at radius 1 is 0.271 bits per heavy atom. The van der Waals surface area contributed by atoms with Crippen molar-refractivity contribution in [3.05, 3.63) is 122 Å². The highest BCUT2D eigenvalue weighted by molar-refractivity contribution is 7.47. The minimum absolute atomic E-state index is 0.0892. The van der Waals surface area contributed by atoms with E-state index in [1.165, 1.54) is 167 Å². The van der Waals surface area contributed by atoms with Crippen molar-refractivity contribution < 1.29 is 75.8 Å².